The highest BCUT2D eigenvalue weighted by Crippen LogP contribution is 2.29. The zero-order valence-electron chi connectivity index (χ0n) is 23.5. The fraction of sp³-hybridized carbons (Fsp3) is 0.452. The van der Waals surface area contributed by atoms with Crippen molar-refractivity contribution in [1.82, 2.24) is 14.9 Å². The monoisotopic (exact) mass is 532 g/mol. The van der Waals surface area contributed by atoms with Gasteiger partial charge in [-0.15, -0.1) is 0 Å². The summed E-state index contributed by atoms with van der Waals surface area (Å²) in [5.74, 6) is 0.963. The number of aryl methyl sites for hydroxylation is 1. The van der Waals surface area contributed by atoms with Crippen LogP contribution in [0, 0.1) is 17.2 Å². The van der Waals surface area contributed by atoms with Crippen LogP contribution in [0.4, 0.5) is 0 Å². The van der Waals surface area contributed by atoms with Gasteiger partial charge < -0.3 is 24.8 Å². The highest BCUT2D eigenvalue weighted by atomic mass is 16.5. The molecule has 8 heteroatoms. The van der Waals surface area contributed by atoms with E-state index in [4.69, 9.17) is 9.72 Å². The van der Waals surface area contributed by atoms with Gasteiger partial charge in [-0.3, -0.25) is 4.79 Å². The van der Waals surface area contributed by atoms with E-state index >= 15 is 0 Å². The highest BCUT2D eigenvalue weighted by molar-refractivity contribution is 5.95. The third kappa shape index (κ3) is 7.69. The number of nitriles is 1. The maximum absolute atomic E-state index is 13.0. The van der Waals surface area contributed by atoms with Crippen molar-refractivity contribution in [1.29, 1.82) is 5.26 Å². The number of benzene rings is 2. The van der Waals surface area contributed by atoms with E-state index in [-0.39, 0.29) is 30.6 Å². The summed E-state index contributed by atoms with van der Waals surface area (Å²) in [7, 11) is 1.90. The van der Waals surface area contributed by atoms with Crippen LogP contribution in [0.15, 0.2) is 48.7 Å². The molecule has 208 valence electrons. The second-order valence-corrected chi connectivity index (χ2v) is 10.2. The number of imidazole rings is 1. The number of carbonyl (C=O) groups is 1. The fourth-order valence-corrected chi connectivity index (χ4v) is 4.70. The molecular weight excluding hydrogens is 492 g/mol. The lowest BCUT2D eigenvalue weighted by Gasteiger charge is -2.19. The Kier molecular flexibility index (Phi) is 10.7. The normalized spacial score (nSPS) is 12.8. The van der Waals surface area contributed by atoms with Gasteiger partial charge in [0, 0.05) is 37.0 Å². The average molecular weight is 533 g/mol. The molecule has 8 nitrogen and oxygen atoms in total. The van der Waals surface area contributed by atoms with Crippen LogP contribution in [0.3, 0.4) is 0 Å². The van der Waals surface area contributed by atoms with Gasteiger partial charge in [0.1, 0.15) is 23.7 Å². The van der Waals surface area contributed by atoms with Crippen LogP contribution < -0.4 is 10.1 Å². The number of aromatic nitrogens is 2. The van der Waals surface area contributed by atoms with Gasteiger partial charge >= 0.3 is 0 Å². The number of nitrogens with one attached hydrogen (secondary N) is 1. The van der Waals surface area contributed by atoms with Gasteiger partial charge in [-0.25, -0.2) is 4.98 Å². The van der Waals surface area contributed by atoms with Crippen LogP contribution in [-0.4, -0.2) is 44.4 Å². The SMILES string of the molecule is CCC(CC)C(O)c1nc(-c2ccc(C[C@@H](CCO)NC(=O)c3ccc(OC(C)C)c(C#N)c3)cc2)cn1C. The molecule has 39 heavy (non-hydrogen) atoms. The molecule has 0 aliphatic rings. The Morgan fingerprint density at radius 1 is 1.15 bits per heavy atom. The van der Waals surface area contributed by atoms with Gasteiger partial charge in [-0.1, -0.05) is 51.0 Å². The summed E-state index contributed by atoms with van der Waals surface area (Å²) in [6, 6.07) is 14.5. The van der Waals surface area contributed by atoms with Crippen molar-refractivity contribution < 1.29 is 19.7 Å². The number of aliphatic hydroxyl groups excluding tert-OH is 2. The van der Waals surface area contributed by atoms with Crippen LogP contribution in [0.1, 0.15) is 80.4 Å². The van der Waals surface area contributed by atoms with Crippen molar-refractivity contribution >= 4 is 5.91 Å². The summed E-state index contributed by atoms with van der Waals surface area (Å²) in [5, 5.41) is 32.9. The van der Waals surface area contributed by atoms with E-state index in [0.29, 0.717) is 35.5 Å². The second kappa shape index (κ2) is 13.9. The molecule has 1 heterocycles. The smallest absolute Gasteiger partial charge is 0.251 e. The summed E-state index contributed by atoms with van der Waals surface area (Å²) in [5.41, 5.74) is 3.40. The number of rotatable bonds is 13. The molecule has 3 aromatic rings. The zero-order valence-corrected chi connectivity index (χ0v) is 23.5. The third-order valence-electron chi connectivity index (χ3n) is 6.94. The Morgan fingerprint density at radius 3 is 2.44 bits per heavy atom. The lowest BCUT2D eigenvalue weighted by atomic mass is 9.96. The molecule has 0 bridgehead atoms. The Labute approximate surface area is 231 Å². The van der Waals surface area contributed by atoms with E-state index in [2.05, 4.69) is 25.2 Å². The van der Waals surface area contributed by atoms with Crippen molar-refractivity contribution in [3.05, 3.63) is 71.2 Å². The Bertz CT molecular complexity index is 1270. The summed E-state index contributed by atoms with van der Waals surface area (Å²) in [4.78, 5) is 17.7. The number of aliphatic hydroxyl groups is 2. The lowest BCUT2D eigenvalue weighted by Crippen LogP contribution is -2.37. The molecule has 0 saturated carbocycles. The van der Waals surface area contributed by atoms with E-state index in [0.717, 1.165) is 29.7 Å². The minimum Gasteiger partial charge on any atom is -0.490 e. The van der Waals surface area contributed by atoms with Crippen molar-refractivity contribution in [2.75, 3.05) is 6.61 Å². The average Bonchev–Trinajstić information content (AvgIpc) is 3.31. The van der Waals surface area contributed by atoms with Crippen molar-refractivity contribution in [2.24, 2.45) is 13.0 Å². The van der Waals surface area contributed by atoms with Gasteiger partial charge in [0.2, 0.25) is 0 Å². The van der Waals surface area contributed by atoms with Crippen molar-refractivity contribution in [2.45, 2.75) is 71.6 Å². The minimum absolute atomic E-state index is 0.0663. The summed E-state index contributed by atoms with van der Waals surface area (Å²) >= 11 is 0. The molecule has 0 aliphatic carbocycles. The number of hydrogen-bond acceptors (Lipinski definition) is 6. The Morgan fingerprint density at radius 2 is 1.85 bits per heavy atom. The predicted octanol–water partition coefficient (Wildman–Crippen LogP) is 4.94. The maximum Gasteiger partial charge on any atom is 0.251 e. The first-order valence-corrected chi connectivity index (χ1v) is 13.6. The molecule has 0 fully saturated rings. The predicted molar refractivity (Wildman–Crippen MR) is 151 cm³/mol. The Hall–Kier alpha value is -3.67. The standard InChI is InChI=1S/C31H40N4O4/c1-6-22(7-2)29(37)30-34-27(19-35(30)5)23-10-8-21(9-11-23)16-26(14-15-36)33-31(38)24-12-13-28(39-20(3)4)25(17-24)18-32/h8-13,17,19-20,22,26,29,36-37H,6-7,14-16H2,1-5H3,(H,33,38)/t26-,29?/m1/s1. The fourth-order valence-electron chi connectivity index (χ4n) is 4.70. The first-order chi connectivity index (χ1) is 18.7. The van der Waals surface area contributed by atoms with Crippen LogP contribution in [0.25, 0.3) is 11.3 Å². The van der Waals surface area contributed by atoms with E-state index in [1.807, 2.05) is 55.9 Å². The van der Waals surface area contributed by atoms with Gasteiger partial charge in [0.15, 0.2) is 0 Å². The second-order valence-electron chi connectivity index (χ2n) is 10.2. The molecule has 2 atom stereocenters. The van der Waals surface area contributed by atoms with Gasteiger partial charge in [0.05, 0.1) is 17.4 Å². The van der Waals surface area contributed by atoms with Gasteiger partial charge in [-0.2, -0.15) is 5.26 Å². The molecule has 3 N–H and O–H groups in total. The van der Waals surface area contributed by atoms with Crippen molar-refractivity contribution in [3.63, 3.8) is 0 Å². The molecule has 1 amide bonds. The zero-order chi connectivity index (χ0) is 28.5. The lowest BCUT2D eigenvalue weighted by molar-refractivity contribution is 0.0920. The number of amides is 1. The molecular formula is C31H40N4O4. The van der Waals surface area contributed by atoms with E-state index in [1.165, 1.54) is 6.07 Å². The van der Waals surface area contributed by atoms with Crippen LogP contribution >= 0.6 is 0 Å². The first-order valence-electron chi connectivity index (χ1n) is 13.6. The van der Waals surface area contributed by atoms with Gasteiger partial charge in [0.25, 0.3) is 5.91 Å². The number of carbonyl (C=O) groups excluding carboxylic acids is 1. The van der Waals surface area contributed by atoms with Crippen LogP contribution in [-0.2, 0) is 13.5 Å². The van der Waals surface area contributed by atoms with Crippen LogP contribution in [0.5, 0.6) is 5.75 Å². The van der Waals surface area contributed by atoms with E-state index in [9.17, 15) is 20.3 Å². The summed E-state index contributed by atoms with van der Waals surface area (Å²) < 4.78 is 7.53. The molecule has 3 rings (SSSR count). The topological polar surface area (TPSA) is 120 Å². The molecule has 0 spiro atoms. The third-order valence-corrected chi connectivity index (χ3v) is 6.94. The van der Waals surface area contributed by atoms with Gasteiger partial charge in [-0.05, 0) is 56.4 Å². The van der Waals surface area contributed by atoms with E-state index < -0.39 is 6.10 Å². The number of hydrogen-bond donors (Lipinski definition) is 3. The largest absolute Gasteiger partial charge is 0.490 e. The Balaban J connectivity index is 1.71. The highest BCUT2D eigenvalue weighted by Gasteiger charge is 2.23. The minimum atomic E-state index is -0.607. The molecule has 1 unspecified atom stereocenters. The molecule has 0 aliphatic heterocycles. The maximum atomic E-state index is 13.0. The van der Waals surface area contributed by atoms with Crippen molar-refractivity contribution in [3.8, 4) is 23.1 Å². The molecule has 0 saturated heterocycles. The summed E-state index contributed by atoms with van der Waals surface area (Å²) in [6.07, 6.45) is 3.94. The quantitative estimate of drug-likeness (QED) is 0.287. The molecule has 0 radical (unpaired) electrons. The number of ether oxygens (including phenoxy) is 1. The molecule has 2 aromatic carbocycles. The van der Waals surface area contributed by atoms with E-state index in [1.54, 1.807) is 12.1 Å². The number of nitrogens with zero attached hydrogens (tertiary/aromatic N) is 3. The molecule has 1 aromatic heterocycles. The first kappa shape index (κ1) is 29.9. The summed E-state index contributed by atoms with van der Waals surface area (Å²) in [6.45, 7) is 7.84. The van der Waals surface area contributed by atoms with Crippen LogP contribution in [0.2, 0.25) is 0 Å².